The molecule has 1 heterocycles. The monoisotopic (exact) mass is 268 g/mol. The topological polar surface area (TPSA) is 34.1 Å². The van der Waals surface area contributed by atoms with Gasteiger partial charge in [-0.15, -0.1) is 0 Å². The van der Waals surface area contributed by atoms with Gasteiger partial charge in [0.15, 0.2) is 0 Å². The minimum atomic E-state index is 0.217. The number of nitrogens with zero attached hydrogens (tertiary/aromatic N) is 1. The Labute approximate surface area is 120 Å². The third-order valence-electron chi connectivity index (χ3n) is 2.97. The average Bonchev–Trinajstić information content (AvgIpc) is 2.49. The highest BCUT2D eigenvalue weighted by Gasteiger charge is 2.05. The van der Waals surface area contributed by atoms with Crippen molar-refractivity contribution in [1.29, 1.82) is 0 Å². The van der Waals surface area contributed by atoms with E-state index in [0.717, 1.165) is 11.4 Å². The van der Waals surface area contributed by atoms with Crippen LogP contribution >= 0.6 is 0 Å². The number of pyridine rings is 1. The van der Waals surface area contributed by atoms with Crippen LogP contribution in [0.15, 0.2) is 54.9 Å². The van der Waals surface area contributed by atoms with Gasteiger partial charge in [0.1, 0.15) is 5.82 Å². The molecule has 20 heavy (non-hydrogen) atoms. The fourth-order valence-electron chi connectivity index (χ4n) is 1.90. The lowest BCUT2D eigenvalue weighted by atomic mass is 10.1. The van der Waals surface area contributed by atoms with Gasteiger partial charge in [-0.1, -0.05) is 30.3 Å². The van der Waals surface area contributed by atoms with Crippen molar-refractivity contribution >= 4 is 11.9 Å². The molecule has 104 valence electrons. The molecule has 2 aromatic rings. The minimum absolute atomic E-state index is 0.217. The van der Waals surface area contributed by atoms with E-state index in [0.29, 0.717) is 6.61 Å². The van der Waals surface area contributed by atoms with Gasteiger partial charge in [-0.05, 0) is 43.2 Å². The number of ether oxygens (including phenoxy) is 1. The third-order valence-corrected chi connectivity index (χ3v) is 2.97. The lowest BCUT2D eigenvalue weighted by molar-refractivity contribution is 0.272. The zero-order valence-electron chi connectivity index (χ0n) is 11.9. The first-order valence-electron chi connectivity index (χ1n) is 6.85. The lowest BCUT2D eigenvalue weighted by Crippen LogP contribution is -2.07. The van der Waals surface area contributed by atoms with Crippen LogP contribution in [0.3, 0.4) is 0 Å². The fourth-order valence-corrected chi connectivity index (χ4v) is 1.90. The first-order valence-corrected chi connectivity index (χ1v) is 6.85. The molecule has 1 aromatic carbocycles. The van der Waals surface area contributed by atoms with E-state index in [-0.39, 0.29) is 6.04 Å². The van der Waals surface area contributed by atoms with E-state index < -0.39 is 0 Å². The Morgan fingerprint density at radius 3 is 2.80 bits per heavy atom. The summed E-state index contributed by atoms with van der Waals surface area (Å²) in [5, 5.41) is 3.40. The van der Waals surface area contributed by atoms with Crippen molar-refractivity contribution in [2.75, 3.05) is 11.9 Å². The van der Waals surface area contributed by atoms with Crippen molar-refractivity contribution in [2.45, 2.75) is 19.9 Å². The van der Waals surface area contributed by atoms with E-state index in [9.17, 15) is 0 Å². The van der Waals surface area contributed by atoms with Crippen LogP contribution in [0.5, 0.6) is 0 Å². The molecule has 3 heteroatoms. The molecule has 2 rings (SSSR count). The number of nitrogens with one attached hydrogen (secondary N) is 1. The van der Waals surface area contributed by atoms with Gasteiger partial charge >= 0.3 is 0 Å². The molecule has 0 unspecified atom stereocenters. The molecule has 1 N–H and O–H groups in total. The Balaban J connectivity index is 2.04. The van der Waals surface area contributed by atoms with Gasteiger partial charge in [0.05, 0.1) is 12.9 Å². The maximum absolute atomic E-state index is 5.21. The standard InChI is InChI=1S/C17H20N2O/c1-3-20-12-10-15-9-11-18-17(13-15)19-14(2)16-7-5-4-6-8-16/h4-14H,3H2,1-2H3,(H,18,19)/t14-/m0/s1. The predicted octanol–water partition coefficient (Wildman–Crippen LogP) is 4.26. The summed E-state index contributed by atoms with van der Waals surface area (Å²) in [5.74, 6) is 0.861. The number of hydrogen-bond acceptors (Lipinski definition) is 3. The first-order chi connectivity index (χ1) is 9.79. The summed E-state index contributed by atoms with van der Waals surface area (Å²) in [5.41, 5.74) is 2.31. The van der Waals surface area contributed by atoms with Gasteiger partial charge < -0.3 is 10.1 Å². The number of anilines is 1. The number of benzene rings is 1. The molecule has 0 aliphatic carbocycles. The van der Waals surface area contributed by atoms with E-state index in [1.54, 1.807) is 12.5 Å². The summed E-state index contributed by atoms with van der Waals surface area (Å²) in [6.07, 6.45) is 5.44. The van der Waals surface area contributed by atoms with Gasteiger partial charge in [-0.3, -0.25) is 0 Å². The van der Waals surface area contributed by atoms with Crippen molar-refractivity contribution in [1.82, 2.24) is 4.98 Å². The summed E-state index contributed by atoms with van der Waals surface area (Å²) >= 11 is 0. The second-order valence-electron chi connectivity index (χ2n) is 4.51. The summed E-state index contributed by atoms with van der Waals surface area (Å²) in [6, 6.07) is 14.5. The number of aromatic nitrogens is 1. The Hall–Kier alpha value is -2.29. The van der Waals surface area contributed by atoms with Crippen LogP contribution in [0.1, 0.15) is 31.0 Å². The van der Waals surface area contributed by atoms with Gasteiger partial charge in [-0.25, -0.2) is 4.98 Å². The first kappa shape index (κ1) is 14.1. The average molecular weight is 268 g/mol. The molecule has 0 aliphatic heterocycles. The second kappa shape index (κ2) is 7.34. The molecule has 1 aromatic heterocycles. The Morgan fingerprint density at radius 1 is 1.25 bits per heavy atom. The van der Waals surface area contributed by atoms with Gasteiger partial charge in [0.25, 0.3) is 0 Å². The summed E-state index contributed by atoms with van der Waals surface area (Å²) < 4.78 is 5.21. The van der Waals surface area contributed by atoms with Crippen molar-refractivity contribution in [3.63, 3.8) is 0 Å². The van der Waals surface area contributed by atoms with Crippen LogP contribution in [0.2, 0.25) is 0 Å². The molecule has 0 saturated heterocycles. The Kier molecular flexibility index (Phi) is 5.18. The molecule has 0 radical (unpaired) electrons. The normalized spacial score (nSPS) is 12.3. The Morgan fingerprint density at radius 2 is 2.05 bits per heavy atom. The molecular weight excluding hydrogens is 248 g/mol. The van der Waals surface area contributed by atoms with E-state index in [2.05, 4.69) is 29.4 Å². The van der Waals surface area contributed by atoms with Crippen LogP contribution in [-0.4, -0.2) is 11.6 Å². The van der Waals surface area contributed by atoms with Crippen molar-refractivity contribution in [3.8, 4) is 0 Å². The maximum atomic E-state index is 5.21. The predicted molar refractivity (Wildman–Crippen MR) is 83.4 cm³/mol. The van der Waals surface area contributed by atoms with Crippen molar-refractivity contribution in [2.24, 2.45) is 0 Å². The van der Waals surface area contributed by atoms with Crippen LogP contribution in [0.4, 0.5) is 5.82 Å². The number of rotatable bonds is 6. The zero-order valence-corrected chi connectivity index (χ0v) is 11.9. The third kappa shape index (κ3) is 4.12. The molecule has 0 fully saturated rings. The van der Waals surface area contributed by atoms with Gasteiger partial charge in [0.2, 0.25) is 0 Å². The highest BCUT2D eigenvalue weighted by Crippen LogP contribution is 2.18. The number of hydrogen-bond donors (Lipinski definition) is 1. The maximum Gasteiger partial charge on any atom is 0.126 e. The van der Waals surface area contributed by atoms with E-state index in [4.69, 9.17) is 4.74 Å². The smallest absolute Gasteiger partial charge is 0.126 e. The molecule has 1 atom stereocenters. The molecule has 0 spiro atoms. The van der Waals surface area contributed by atoms with Gasteiger partial charge in [-0.2, -0.15) is 0 Å². The minimum Gasteiger partial charge on any atom is -0.501 e. The summed E-state index contributed by atoms with van der Waals surface area (Å²) in [4.78, 5) is 4.35. The largest absolute Gasteiger partial charge is 0.501 e. The molecule has 0 bridgehead atoms. The van der Waals surface area contributed by atoms with Gasteiger partial charge in [0, 0.05) is 12.2 Å². The second-order valence-corrected chi connectivity index (χ2v) is 4.51. The van der Waals surface area contributed by atoms with Crippen LogP contribution in [-0.2, 0) is 4.74 Å². The molecular formula is C17H20N2O. The Bertz CT molecular complexity index is 552. The lowest BCUT2D eigenvalue weighted by Gasteiger charge is -2.15. The molecule has 3 nitrogen and oxygen atoms in total. The fraction of sp³-hybridized carbons (Fsp3) is 0.235. The van der Waals surface area contributed by atoms with E-state index in [1.165, 1.54) is 5.56 Å². The van der Waals surface area contributed by atoms with E-state index >= 15 is 0 Å². The molecule has 0 amide bonds. The summed E-state index contributed by atoms with van der Waals surface area (Å²) in [7, 11) is 0. The van der Waals surface area contributed by atoms with Crippen molar-refractivity contribution < 1.29 is 4.74 Å². The highest BCUT2D eigenvalue weighted by molar-refractivity contribution is 5.53. The molecule has 0 aliphatic rings. The van der Waals surface area contributed by atoms with Crippen LogP contribution < -0.4 is 5.32 Å². The molecule has 0 saturated carbocycles. The van der Waals surface area contributed by atoms with Crippen molar-refractivity contribution in [3.05, 3.63) is 66.1 Å². The van der Waals surface area contributed by atoms with E-state index in [1.807, 2.05) is 43.3 Å². The summed E-state index contributed by atoms with van der Waals surface area (Å²) in [6.45, 7) is 4.77. The van der Waals surface area contributed by atoms with Crippen LogP contribution in [0, 0.1) is 0 Å². The quantitative estimate of drug-likeness (QED) is 0.795. The van der Waals surface area contributed by atoms with Crippen LogP contribution in [0.25, 0.3) is 6.08 Å². The highest BCUT2D eigenvalue weighted by atomic mass is 16.5. The zero-order chi connectivity index (χ0) is 14.2. The SMILES string of the molecule is CCOC=Cc1ccnc(N[C@@H](C)c2ccccc2)c1.